The molecule has 0 saturated carbocycles. The first-order valence-electron chi connectivity index (χ1n) is 3.53. The van der Waals surface area contributed by atoms with Crippen molar-refractivity contribution in [3.63, 3.8) is 0 Å². The Bertz CT molecular complexity index is 320. The van der Waals surface area contributed by atoms with E-state index >= 15 is 0 Å². The summed E-state index contributed by atoms with van der Waals surface area (Å²) in [6.07, 6.45) is -3.60. The quantitative estimate of drug-likeness (QED) is 0.760. The van der Waals surface area contributed by atoms with Gasteiger partial charge in [0.2, 0.25) is 4.84 Å². The summed E-state index contributed by atoms with van der Waals surface area (Å²) in [5, 5.41) is 0. The van der Waals surface area contributed by atoms with E-state index in [0.717, 1.165) is 0 Å². The summed E-state index contributed by atoms with van der Waals surface area (Å²) < 4.78 is 30.6. The summed E-state index contributed by atoms with van der Waals surface area (Å²) in [6.45, 7) is 0. The van der Waals surface area contributed by atoms with Gasteiger partial charge in [0, 0.05) is 0 Å². The van der Waals surface area contributed by atoms with E-state index in [-0.39, 0.29) is 5.75 Å². The fourth-order valence-corrected chi connectivity index (χ4v) is 1.17. The van der Waals surface area contributed by atoms with Gasteiger partial charge in [0.1, 0.15) is 5.75 Å². The maximum absolute atomic E-state index is 12.9. The van der Waals surface area contributed by atoms with Gasteiger partial charge in [-0.2, -0.15) is 8.78 Å². The van der Waals surface area contributed by atoms with Gasteiger partial charge in [0.15, 0.2) is 0 Å². The predicted molar refractivity (Wildman–Crippen MR) is 55.2 cm³/mol. The van der Waals surface area contributed by atoms with Crippen LogP contribution >= 0.6 is 39.1 Å². The highest BCUT2D eigenvalue weighted by atomic mass is 79.9. The average molecular weight is 306 g/mol. The van der Waals surface area contributed by atoms with Crippen LogP contribution in [0.4, 0.5) is 8.78 Å². The van der Waals surface area contributed by atoms with E-state index in [4.69, 9.17) is 23.2 Å². The topological polar surface area (TPSA) is 9.23 Å². The molecule has 0 aliphatic rings. The largest absolute Gasteiger partial charge is 0.429 e. The van der Waals surface area contributed by atoms with Gasteiger partial charge in [0.25, 0.3) is 0 Å². The minimum Gasteiger partial charge on any atom is -0.429 e. The van der Waals surface area contributed by atoms with E-state index in [9.17, 15) is 8.78 Å². The van der Waals surface area contributed by atoms with Crippen molar-refractivity contribution in [2.75, 3.05) is 0 Å². The van der Waals surface area contributed by atoms with Gasteiger partial charge in [-0.05, 0) is 28.1 Å². The maximum atomic E-state index is 12.9. The van der Waals surface area contributed by atoms with Crippen LogP contribution in [-0.2, 0) is 0 Å². The van der Waals surface area contributed by atoms with E-state index < -0.39 is 10.9 Å². The Labute approximate surface area is 98.1 Å². The first-order valence-corrected chi connectivity index (χ1v) is 5.19. The zero-order valence-electron chi connectivity index (χ0n) is 6.68. The fraction of sp³-hybridized carbons (Fsp3) is 0.250. The standard InChI is InChI=1S/C8H5BrCl2F2O/c9-5-3-1-2-4-6(5)14-8(12,13)7(10)11/h1-4,7H. The molecule has 0 heterocycles. The summed E-state index contributed by atoms with van der Waals surface area (Å²) in [5.74, 6) is -0.0104. The molecule has 0 fully saturated rings. The molecule has 1 nitrogen and oxygen atoms in total. The number of ether oxygens (including phenoxy) is 1. The Morgan fingerprint density at radius 3 is 2.36 bits per heavy atom. The molecule has 0 aliphatic carbocycles. The molecule has 1 aromatic carbocycles. The lowest BCUT2D eigenvalue weighted by atomic mass is 10.3. The number of alkyl halides is 4. The lowest BCUT2D eigenvalue weighted by molar-refractivity contribution is -0.164. The van der Waals surface area contributed by atoms with E-state index in [0.29, 0.717) is 4.47 Å². The average Bonchev–Trinajstić information content (AvgIpc) is 2.08. The van der Waals surface area contributed by atoms with Crippen molar-refractivity contribution in [1.29, 1.82) is 0 Å². The number of benzene rings is 1. The molecule has 0 atom stereocenters. The Morgan fingerprint density at radius 1 is 1.29 bits per heavy atom. The molecule has 0 N–H and O–H groups in total. The fourth-order valence-electron chi connectivity index (χ4n) is 0.719. The molecule has 0 amide bonds. The third kappa shape index (κ3) is 2.97. The van der Waals surface area contributed by atoms with Crippen LogP contribution < -0.4 is 4.74 Å². The lowest BCUT2D eigenvalue weighted by Crippen LogP contribution is -2.32. The van der Waals surface area contributed by atoms with Crippen LogP contribution in [0.5, 0.6) is 5.75 Å². The molecule has 0 unspecified atom stereocenters. The van der Waals surface area contributed by atoms with Crippen LogP contribution in [-0.4, -0.2) is 10.9 Å². The third-order valence-corrected chi connectivity index (χ3v) is 2.50. The van der Waals surface area contributed by atoms with Crippen molar-refractivity contribution in [3.8, 4) is 5.75 Å². The van der Waals surface area contributed by atoms with Crippen LogP contribution in [0.2, 0.25) is 0 Å². The van der Waals surface area contributed by atoms with Crippen molar-refractivity contribution in [2.45, 2.75) is 10.9 Å². The molecule has 0 spiro atoms. The summed E-state index contributed by atoms with van der Waals surface area (Å²) in [4.78, 5) is -1.91. The van der Waals surface area contributed by atoms with Gasteiger partial charge in [-0.25, -0.2) is 0 Å². The summed E-state index contributed by atoms with van der Waals surface area (Å²) in [5.41, 5.74) is 0. The molecular formula is C8H5BrCl2F2O. The smallest absolute Gasteiger partial charge is 0.428 e. The van der Waals surface area contributed by atoms with Crippen LogP contribution in [0.1, 0.15) is 0 Å². The van der Waals surface area contributed by atoms with E-state index in [1.54, 1.807) is 18.2 Å². The number of hydrogen-bond acceptors (Lipinski definition) is 1. The molecule has 0 bridgehead atoms. The summed E-state index contributed by atoms with van der Waals surface area (Å²) >= 11 is 13.1. The maximum Gasteiger partial charge on any atom is 0.428 e. The monoisotopic (exact) mass is 304 g/mol. The predicted octanol–water partition coefficient (Wildman–Crippen LogP) is 4.22. The molecular weight excluding hydrogens is 301 g/mol. The number of halogens is 5. The van der Waals surface area contributed by atoms with E-state index in [1.807, 2.05) is 0 Å². The lowest BCUT2D eigenvalue weighted by Gasteiger charge is -2.19. The molecule has 0 radical (unpaired) electrons. The number of rotatable bonds is 3. The van der Waals surface area contributed by atoms with Crippen molar-refractivity contribution in [2.24, 2.45) is 0 Å². The Kier molecular flexibility index (Phi) is 3.98. The molecule has 0 aliphatic heterocycles. The SMILES string of the molecule is FC(F)(Oc1ccccc1Br)C(Cl)Cl. The Balaban J connectivity index is 2.84. The molecule has 0 aromatic heterocycles. The highest BCUT2D eigenvalue weighted by molar-refractivity contribution is 9.10. The van der Waals surface area contributed by atoms with Crippen LogP contribution in [0, 0.1) is 0 Å². The zero-order chi connectivity index (χ0) is 10.8. The minimum absolute atomic E-state index is 0.0104. The number of hydrogen-bond donors (Lipinski definition) is 0. The Morgan fingerprint density at radius 2 is 1.86 bits per heavy atom. The van der Waals surface area contributed by atoms with Crippen LogP contribution in [0.15, 0.2) is 28.7 Å². The van der Waals surface area contributed by atoms with Gasteiger partial charge in [-0.15, -0.1) is 0 Å². The third-order valence-electron chi connectivity index (χ3n) is 1.34. The second kappa shape index (κ2) is 4.64. The first-order chi connectivity index (χ1) is 6.43. The molecule has 1 rings (SSSR count). The molecule has 0 saturated heterocycles. The normalized spacial score (nSPS) is 11.9. The van der Waals surface area contributed by atoms with Gasteiger partial charge in [-0.1, -0.05) is 35.3 Å². The van der Waals surface area contributed by atoms with Crippen LogP contribution in [0.25, 0.3) is 0 Å². The minimum atomic E-state index is -3.60. The van der Waals surface area contributed by atoms with Gasteiger partial charge in [-0.3, -0.25) is 0 Å². The van der Waals surface area contributed by atoms with Crippen molar-refractivity contribution in [3.05, 3.63) is 28.7 Å². The van der Waals surface area contributed by atoms with Gasteiger partial charge in [0.05, 0.1) is 4.47 Å². The molecule has 78 valence electrons. The molecule has 6 heteroatoms. The highest BCUT2D eigenvalue weighted by Gasteiger charge is 2.40. The van der Waals surface area contributed by atoms with Gasteiger partial charge >= 0.3 is 6.11 Å². The zero-order valence-corrected chi connectivity index (χ0v) is 9.78. The van der Waals surface area contributed by atoms with Crippen LogP contribution in [0.3, 0.4) is 0 Å². The Hall–Kier alpha value is -0.0600. The van der Waals surface area contributed by atoms with Crippen molar-refractivity contribution < 1.29 is 13.5 Å². The van der Waals surface area contributed by atoms with E-state index in [1.165, 1.54) is 6.07 Å². The second-order valence-corrected chi connectivity index (χ2v) is 4.35. The first kappa shape index (κ1) is 12.0. The summed E-state index contributed by atoms with van der Waals surface area (Å²) in [6, 6.07) is 6.19. The summed E-state index contributed by atoms with van der Waals surface area (Å²) in [7, 11) is 0. The second-order valence-electron chi connectivity index (χ2n) is 2.39. The van der Waals surface area contributed by atoms with E-state index in [2.05, 4.69) is 20.7 Å². The molecule has 1 aromatic rings. The van der Waals surface area contributed by atoms with Gasteiger partial charge < -0.3 is 4.74 Å². The number of para-hydroxylation sites is 1. The van der Waals surface area contributed by atoms with Crippen molar-refractivity contribution in [1.82, 2.24) is 0 Å². The van der Waals surface area contributed by atoms with Crippen molar-refractivity contribution >= 4 is 39.1 Å². The highest BCUT2D eigenvalue weighted by Crippen LogP contribution is 2.33. The molecule has 14 heavy (non-hydrogen) atoms.